The first-order chi connectivity index (χ1) is 30.1. The van der Waals surface area contributed by atoms with Gasteiger partial charge in [-0.2, -0.15) is 31.6 Å². The van der Waals surface area contributed by atoms with Crippen LogP contribution in [0.15, 0.2) is 84.9 Å². The number of alkyl halides is 2. The average Bonchev–Trinajstić information content (AvgIpc) is 3.82. The first-order valence-corrected chi connectivity index (χ1v) is 18.0. The molecule has 5 aromatic carbocycles. The Morgan fingerprint density at radius 3 is 1.60 bits per heavy atom. The minimum Gasteiger partial charge on any atom is -0.239 e. The molecule has 2 aliphatic carbocycles. The van der Waals surface area contributed by atoms with Gasteiger partial charge in [0.15, 0.2) is 11.4 Å². The fourth-order valence-electron chi connectivity index (χ4n) is 7.79. The highest BCUT2D eigenvalue weighted by Gasteiger charge is 2.43. The van der Waals surface area contributed by atoms with E-state index in [0.29, 0.717) is 5.56 Å². The molecule has 62 heavy (non-hydrogen) atoms. The molecule has 7 rings (SSSR count). The molecule has 0 N–H and O–H groups in total. The summed E-state index contributed by atoms with van der Waals surface area (Å²) in [6.07, 6.45) is -2.86. The van der Waals surface area contributed by atoms with Crippen molar-refractivity contribution < 1.29 is 8.78 Å². The van der Waals surface area contributed by atoms with Crippen LogP contribution >= 0.6 is 0 Å². The summed E-state index contributed by atoms with van der Waals surface area (Å²) in [5.74, 6) is 0. The van der Waals surface area contributed by atoms with Gasteiger partial charge in [-0.15, -0.1) is 0 Å². The van der Waals surface area contributed by atoms with Crippen LogP contribution in [0.2, 0.25) is 0 Å². The number of nitriles is 6. The van der Waals surface area contributed by atoms with Gasteiger partial charge in [-0.1, -0.05) is 72.3 Å². The first-order valence-electron chi connectivity index (χ1n) is 18.0. The van der Waals surface area contributed by atoms with Crippen LogP contribution in [0.4, 0.5) is 20.2 Å². The molecule has 10 nitrogen and oxygen atoms in total. The third-order valence-corrected chi connectivity index (χ3v) is 10.3. The lowest BCUT2D eigenvalue weighted by Crippen LogP contribution is -2.05. The molecule has 0 aromatic heterocycles. The van der Waals surface area contributed by atoms with Crippen molar-refractivity contribution in [3.05, 3.63) is 208 Å². The van der Waals surface area contributed by atoms with Crippen molar-refractivity contribution in [2.45, 2.75) is 13.3 Å². The molecule has 0 bridgehead atoms. The highest BCUT2D eigenvalue weighted by Crippen LogP contribution is 2.60. The zero-order valence-electron chi connectivity index (χ0n) is 31.9. The molecule has 2 aliphatic rings. The van der Waals surface area contributed by atoms with E-state index in [4.69, 9.17) is 26.3 Å². The van der Waals surface area contributed by atoms with Gasteiger partial charge in [-0.25, -0.2) is 28.2 Å². The summed E-state index contributed by atoms with van der Waals surface area (Å²) < 4.78 is 27.7. The van der Waals surface area contributed by atoms with Crippen molar-refractivity contribution in [3.8, 4) is 36.4 Å². The third kappa shape index (κ3) is 6.25. The monoisotopic (exact) mass is 796 g/mol. The average molecular weight is 797 g/mol. The lowest BCUT2D eigenvalue weighted by Gasteiger charge is -2.18. The first kappa shape index (κ1) is 40.0. The smallest absolute Gasteiger partial charge is 0.239 e. The van der Waals surface area contributed by atoms with Gasteiger partial charge in [-0.3, -0.25) is 0 Å². The van der Waals surface area contributed by atoms with Gasteiger partial charge in [0.25, 0.3) is 6.43 Å². The molecule has 0 radical (unpaired) electrons. The SMILES string of the molecule is [C-]#[N+]C1=C(c2ccc(C)cc2)/C(=C(/C#N)c2cc([N+]#[C-])cc([N+]#[C-])c2)c2c(C#N)c3c(c(C#N)c21)/C(=C(\[N+]#[C-])c1cc(C#N)cc(C#N)c1)C(c1ccc(C(F)F)cc1)=C3C#N. The van der Waals surface area contributed by atoms with Crippen LogP contribution < -0.4 is 0 Å². The zero-order chi connectivity index (χ0) is 44.4. The van der Waals surface area contributed by atoms with Crippen LogP contribution in [0.25, 0.3) is 64.2 Å². The van der Waals surface area contributed by atoms with Crippen LogP contribution in [0.5, 0.6) is 0 Å². The molecule has 5 aromatic rings. The Balaban J connectivity index is 1.78. The van der Waals surface area contributed by atoms with E-state index in [-0.39, 0.29) is 123 Å². The molecule has 0 saturated carbocycles. The second-order valence-corrected chi connectivity index (χ2v) is 13.6. The number of aryl methyl sites for hydroxylation is 1. The molecule has 282 valence electrons. The fourth-order valence-corrected chi connectivity index (χ4v) is 7.79. The molecule has 0 atom stereocenters. The van der Waals surface area contributed by atoms with Crippen LogP contribution in [0.1, 0.15) is 84.3 Å². The molecule has 0 amide bonds. The summed E-state index contributed by atoms with van der Waals surface area (Å²) in [6, 6.07) is 32.4. The summed E-state index contributed by atoms with van der Waals surface area (Å²) in [5, 5.41) is 64.5. The Morgan fingerprint density at radius 2 is 1.11 bits per heavy atom. The van der Waals surface area contributed by atoms with E-state index >= 15 is 0 Å². The largest absolute Gasteiger partial charge is 0.263 e. The number of halogens is 2. The number of fused-ring (bicyclic) bond motifs is 2. The van der Waals surface area contributed by atoms with Crippen molar-refractivity contribution in [3.63, 3.8) is 0 Å². The van der Waals surface area contributed by atoms with Crippen molar-refractivity contribution in [2.24, 2.45) is 0 Å². The predicted octanol–water partition coefficient (Wildman–Crippen LogP) is 12.0. The van der Waals surface area contributed by atoms with E-state index in [2.05, 4.69) is 43.7 Å². The molecule has 0 spiro atoms. The Hall–Kier alpha value is -10.2. The van der Waals surface area contributed by atoms with Crippen molar-refractivity contribution in [1.29, 1.82) is 31.6 Å². The predicted molar refractivity (Wildman–Crippen MR) is 225 cm³/mol. The molecular formula is C50H18F2N10. The van der Waals surface area contributed by atoms with Gasteiger partial charge >= 0.3 is 0 Å². The third-order valence-electron chi connectivity index (χ3n) is 10.3. The molecule has 12 heteroatoms. The Labute approximate surface area is 353 Å². The van der Waals surface area contributed by atoms with Gasteiger partial charge in [0, 0.05) is 16.7 Å². The number of allylic oxidation sites excluding steroid dienone is 6. The van der Waals surface area contributed by atoms with Gasteiger partial charge in [-0.05, 0) is 80.8 Å². The van der Waals surface area contributed by atoms with E-state index in [0.717, 1.165) is 17.7 Å². The molecule has 0 unspecified atom stereocenters. The number of hydrogen-bond donors (Lipinski definition) is 0. The van der Waals surface area contributed by atoms with Gasteiger partial charge in [0.2, 0.25) is 11.4 Å². The van der Waals surface area contributed by atoms with Crippen LogP contribution in [-0.4, -0.2) is 0 Å². The fraction of sp³-hybridized carbons (Fsp3) is 0.0400. The topological polar surface area (TPSA) is 160 Å². The van der Waals surface area contributed by atoms with Crippen LogP contribution in [0.3, 0.4) is 0 Å². The maximum atomic E-state index is 13.8. The summed E-state index contributed by atoms with van der Waals surface area (Å²) in [7, 11) is 0. The van der Waals surface area contributed by atoms with Crippen molar-refractivity contribution in [1.82, 2.24) is 0 Å². The van der Waals surface area contributed by atoms with E-state index in [1.54, 1.807) is 24.3 Å². The van der Waals surface area contributed by atoms with Crippen LogP contribution in [0, 0.1) is 101 Å². The minimum absolute atomic E-state index is 0.00181. The number of benzene rings is 5. The van der Waals surface area contributed by atoms with E-state index in [1.807, 2.05) is 19.1 Å². The van der Waals surface area contributed by atoms with Crippen molar-refractivity contribution >= 4 is 56.2 Å². The lowest BCUT2D eigenvalue weighted by atomic mass is 9.82. The second-order valence-electron chi connectivity index (χ2n) is 13.6. The number of hydrogen-bond acceptors (Lipinski definition) is 6. The summed E-state index contributed by atoms with van der Waals surface area (Å²) >= 11 is 0. The Kier molecular flexibility index (Phi) is 10.3. The summed E-state index contributed by atoms with van der Waals surface area (Å²) in [6.45, 7) is 34.4. The Morgan fingerprint density at radius 1 is 0.565 bits per heavy atom. The molecule has 0 aliphatic heterocycles. The highest BCUT2D eigenvalue weighted by atomic mass is 19.3. The van der Waals surface area contributed by atoms with Crippen molar-refractivity contribution in [2.75, 3.05) is 0 Å². The summed E-state index contributed by atoms with van der Waals surface area (Å²) in [4.78, 5) is 14.7. The van der Waals surface area contributed by atoms with E-state index < -0.39 is 6.43 Å². The molecule has 0 fully saturated rings. The van der Waals surface area contributed by atoms with E-state index in [9.17, 15) is 40.4 Å². The highest BCUT2D eigenvalue weighted by molar-refractivity contribution is 6.35. The molecule has 0 heterocycles. The van der Waals surface area contributed by atoms with Gasteiger partial charge in [0.1, 0.15) is 18.2 Å². The van der Waals surface area contributed by atoms with Gasteiger partial charge < -0.3 is 0 Å². The van der Waals surface area contributed by atoms with E-state index in [1.165, 1.54) is 48.5 Å². The number of nitrogens with zero attached hydrogens (tertiary/aromatic N) is 10. The second kappa shape index (κ2) is 16.0. The quantitative estimate of drug-likeness (QED) is 0.127. The summed E-state index contributed by atoms with van der Waals surface area (Å²) in [5.41, 5.74) is -0.552. The maximum Gasteiger partial charge on any atom is 0.263 e. The Bertz CT molecular complexity index is 3410. The van der Waals surface area contributed by atoms with Crippen LogP contribution in [-0.2, 0) is 0 Å². The molecule has 0 saturated heterocycles. The zero-order valence-corrected chi connectivity index (χ0v) is 31.9. The number of rotatable bonds is 5. The molecular weight excluding hydrogens is 779 g/mol. The minimum atomic E-state index is -2.86. The lowest BCUT2D eigenvalue weighted by molar-refractivity contribution is 0.151. The van der Waals surface area contributed by atoms with Gasteiger partial charge in [0.05, 0.1) is 77.9 Å². The maximum absolute atomic E-state index is 13.8. The normalized spacial score (nSPS) is 13.6. The standard InChI is InChI=1S/C50H18F2N10/c1-26-6-8-30(9-7-26)41-43(36(22-55)32-17-34(59-2)19-35(18-32)60-3)45-38(24-57)42-37(23-56)40(29-10-12-31(13-11-29)50(51)52)47(44(42)39(25-58)46(45)49(41)62-5)48(61-4)33-15-27(20-53)14-28(16-33)21-54/h6-19,50H,1H3/b43-36+,48-47-.